The van der Waals surface area contributed by atoms with Crippen LogP contribution < -0.4 is 5.73 Å². The van der Waals surface area contributed by atoms with Gasteiger partial charge in [-0.3, -0.25) is 0 Å². The molecule has 100 valence electrons. The largest absolute Gasteiger partial charge is 0.329 e. The molecule has 0 aromatic heterocycles. The molecule has 2 aliphatic rings. The fraction of sp³-hybridized carbons (Fsp3) is 1.00. The maximum atomic E-state index is 12.7. The first kappa shape index (κ1) is 13.3. The second-order valence-electron chi connectivity index (χ2n) is 5.41. The highest BCUT2D eigenvalue weighted by atomic mass is 32.2. The van der Waals surface area contributed by atoms with Crippen LogP contribution >= 0.6 is 0 Å². The summed E-state index contributed by atoms with van der Waals surface area (Å²) in [5.41, 5.74) is 5.83. The van der Waals surface area contributed by atoms with Crippen LogP contribution in [0.15, 0.2) is 0 Å². The van der Waals surface area contributed by atoms with E-state index in [1.807, 2.05) is 0 Å². The van der Waals surface area contributed by atoms with Crippen molar-refractivity contribution < 1.29 is 8.42 Å². The molecule has 0 aromatic carbocycles. The molecule has 0 atom stereocenters. The minimum absolute atomic E-state index is 0.284. The number of rotatable bonds is 3. The quantitative estimate of drug-likeness (QED) is 0.835. The van der Waals surface area contributed by atoms with Crippen molar-refractivity contribution in [3.63, 3.8) is 0 Å². The molecular weight excluding hydrogens is 236 g/mol. The lowest BCUT2D eigenvalue weighted by atomic mass is 9.88. The Balaban J connectivity index is 2.21. The van der Waals surface area contributed by atoms with E-state index in [4.69, 9.17) is 5.73 Å². The van der Waals surface area contributed by atoms with Gasteiger partial charge in [0.1, 0.15) is 0 Å². The van der Waals surface area contributed by atoms with Gasteiger partial charge in [-0.15, -0.1) is 0 Å². The Hall–Kier alpha value is -0.130. The average Bonchev–Trinajstić information content (AvgIpc) is 2.40. The van der Waals surface area contributed by atoms with E-state index >= 15 is 0 Å². The first-order valence-corrected chi connectivity index (χ1v) is 8.26. The molecule has 2 rings (SSSR count). The molecule has 1 aliphatic carbocycles. The fourth-order valence-electron chi connectivity index (χ4n) is 3.14. The Morgan fingerprint density at radius 1 is 0.941 bits per heavy atom. The molecule has 5 heteroatoms. The van der Waals surface area contributed by atoms with E-state index in [0.717, 1.165) is 51.4 Å². The molecule has 1 aliphatic heterocycles. The molecular formula is C12H24N2O2S. The Morgan fingerprint density at radius 3 is 2.00 bits per heavy atom. The van der Waals surface area contributed by atoms with Crippen molar-refractivity contribution in [2.45, 2.75) is 56.1 Å². The number of hydrogen-bond donors (Lipinski definition) is 1. The number of nitrogens with two attached hydrogens (primary N) is 1. The van der Waals surface area contributed by atoms with Crippen molar-refractivity contribution in [1.29, 1.82) is 0 Å². The third-order valence-corrected chi connectivity index (χ3v) is 7.05. The van der Waals surface area contributed by atoms with Gasteiger partial charge in [0, 0.05) is 19.6 Å². The second kappa shape index (κ2) is 5.24. The van der Waals surface area contributed by atoms with Crippen LogP contribution in [0.2, 0.25) is 0 Å². The molecule has 0 radical (unpaired) electrons. The van der Waals surface area contributed by atoms with Crippen molar-refractivity contribution in [3.05, 3.63) is 0 Å². The summed E-state index contributed by atoms with van der Waals surface area (Å²) in [6.45, 7) is 1.68. The lowest BCUT2D eigenvalue weighted by Crippen LogP contribution is -2.54. The summed E-state index contributed by atoms with van der Waals surface area (Å²) in [6, 6.07) is 0. The van der Waals surface area contributed by atoms with Gasteiger partial charge < -0.3 is 5.73 Å². The van der Waals surface area contributed by atoms with Gasteiger partial charge >= 0.3 is 0 Å². The molecule has 1 saturated heterocycles. The van der Waals surface area contributed by atoms with Crippen molar-refractivity contribution in [2.75, 3.05) is 19.6 Å². The predicted molar refractivity (Wildman–Crippen MR) is 69.2 cm³/mol. The first-order chi connectivity index (χ1) is 8.12. The monoisotopic (exact) mass is 260 g/mol. The van der Waals surface area contributed by atoms with Crippen molar-refractivity contribution in [1.82, 2.24) is 4.31 Å². The SMILES string of the molecule is NCC1(S(=O)(=O)N2CCCCC2)CCCCC1. The van der Waals surface area contributed by atoms with Crippen LogP contribution in [0, 0.1) is 0 Å². The van der Waals surface area contributed by atoms with E-state index < -0.39 is 14.8 Å². The average molecular weight is 260 g/mol. The van der Waals surface area contributed by atoms with Gasteiger partial charge in [-0.2, -0.15) is 0 Å². The van der Waals surface area contributed by atoms with Gasteiger partial charge in [0.2, 0.25) is 10.0 Å². The Labute approximate surface area is 105 Å². The summed E-state index contributed by atoms with van der Waals surface area (Å²) in [4.78, 5) is 0. The van der Waals surface area contributed by atoms with E-state index in [0.29, 0.717) is 13.1 Å². The highest BCUT2D eigenvalue weighted by Gasteiger charge is 2.46. The molecule has 1 saturated carbocycles. The summed E-state index contributed by atoms with van der Waals surface area (Å²) in [6.07, 6.45) is 7.82. The lowest BCUT2D eigenvalue weighted by molar-refractivity contribution is 0.306. The minimum atomic E-state index is -3.19. The van der Waals surface area contributed by atoms with Gasteiger partial charge in [-0.25, -0.2) is 12.7 Å². The first-order valence-electron chi connectivity index (χ1n) is 6.82. The van der Waals surface area contributed by atoms with Crippen LogP contribution in [0.4, 0.5) is 0 Å². The maximum absolute atomic E-state index is 12.7. The Morgan fingerprint density at radius 2 is 1.47 bits per heavy atom. The van der Waals surface area contributed by atoms with E-state index in [-0.39, 0.29) is 6.54 Å². The van der Waals surface area contributed by atoms with Gasteiger partial charge in [0.05, 0.1) is 4.75 Å². The summed E-state index contributed by atoms with van der Waals surface area (Å²) < 4.78 is 26.5. The molecule has 0 spiro atoms. The van der Waals surface area contributed by atoms with Crippen LogP contribution in [0.5, 0.6) is 0 Å². The summed E-state index contributed by atoms with van der Waals surface area (Å²) >= 11 is 0. The standard InChI is InChI=1S/C12H24N2O2S/c13-11-12(7-3-1-4-8-12)17(15,16)14-9-5-2-6-10-14/h1-11,13H2. The van der Waals surface area contributed by atoms with Gasteiger partial charge in [-0.05, 0) is 25.7 Å². The molecule has 17 heavy (non-hydrogen) atoms. The van der Waals surface area contributed by atoms with E-state index in [2.05, 4.69) is 0 Å². The normalized spacial score (nSPS) is 26.9. The number of hydrogen-bond acceptors (Lipinski definition) is 3. The molecule has 4 nitrogen and oxygen atoms in total. The van der Waals surface area contributed by atoms with E-state index in [1.54, 1.807) is 4.31 Å². The molecule has 0 unspecified atom stereocenters. The minimum Gasteiger partial charge on any atom is -0.329 e. The zero-order chi connectivity index (χ0) is 12.4. The topological polar surface area (TPSA) is 63.4 Å². The molecule has 1 heterocycles. The van der Waals surface area contributed by atoms with E-state index in [9.17, 15) is 8.42 Å². The number of sulfonamides is 1. The van der Waals surface area contributed by atoms with Crippen LogP contribution in [0.3, 0.4) is 0 Å². The smallest absolute Gasteiger partial charge is 0.221 e. The third kappa shape index (κ3) is 2.37. The number of nitrogens with zero attached hydrogens (tertiary/aromatic N) is 1. The highest BCUT2D eigenvalue weighted by Crippen LogP contribution is 2.37. The Kier molecular flexibility index (Phi) is 4.10. The second-order valence-corrected chi connectivity index (χ2v) is 7.75. The summed E-state index contributed by atoms with van der Waals surface area (Å²) in [5, 5.41) is 0. The van der Waals surface area contributed by atoms with Gasteiger partial charge in [0.25, 0.3) is 0 Å². The van der Waals surface area contributed by atoms with Crippen LogP contribution in [0.25, 0.3) is 0 Å². The predicted octanol–water partition coefficient (Wildman–Crippen LogP) is 1.46. The zero-order valence-electron chi connectivity index (χ0n) is 10.5. The van der Waals surface area contributed by atoms with Crippen LogP contribution in [0.1, 0.15) is 51.4 Å². The molecule has 0 aromatic rings. The van der Waals surface area contributed by atoms with Crippen LogP contribution in [-0.4, -0.2) is 37.1 Å². The lowest BCUT2D eigenvalue weighted by Gasteiger charge is -2.40. The molecule has 0 amide bonds. The third-order valence-electron chi connectivity index (χ3n) is 4.34. The fourth-order valence-corrected chi connectivity index (χ4v) is 5.44. The van der Waals surface area contributed by atoms with E-state index in [1.165, 1.54) is 0 Å². The van der Waals surface area contributed by atoms with Crippen LogP contribution in [-0.2, 0) is 10.0 Å². The molecule has 2 fully saturated rings. The highest BCUT2D eigenvalue weighted by molar-refractivity contribution is 7.90. The number of piperidine rings is 1. The molecule has 2 N–H and O–H groups in total. The molecule has 0 bridgehead atoms. The Bertz CT molecular complexity index is 342. The summed E-state index contributed by atoms with van der Waals surface area (Å²) in [5.74, 6) is 0. The van der Waals surface area contributed by atoms with Crippen molar-refractivity contribution in [2.24, 2.45) is 5.73 Å². The van der Waals surface area contributed by atoms with Crippen molar-refractivity contribution >= 4 is 10.0 Å². The summed E-state index contributed by atoms with van der Waals surface area (Å²) in [7, 11) is -3.19. The zero-order valence-corrected chi connectivity index (χ0v) is 11.3. The van der Waals surface area contributed by atoms with Gasteiger partial charge in [0.15, 0.2) is 0 Å². The maximum Gasteiger partial charge on any atom is 0.221 e. The van der Waals surface area contributed by atoms with Gasteiger partial charge in [-0.1, -0.05) is 25.7 Å². The van der Waals surface area contributed by atoms with Crippen molar-refractivity contribution in [3.8, 4) is 0 Å².